The molecule has 35 heavy (non-hydrogen) atoms. The molecule has 11 nitrogen and oxygen atoms in total. The lowest BCUT2D eigenvalue weighted by molar-refractivity contribution is 0.0953. The van der Waals surface area contributed by atoms with Crippen LogP contribution in [0.25, 0.3) is 11.2 Å². The zero-order valence-electron chi connectivity index (χ0n) is 18.9. The SMILES string of the molecule is CC1(C)CN(c2c(CNC(=O)c3c(N)nn4cccnc34)cc(Cl)c3c(Cl)ncn23)CCS1(=O)=O. The van der Waals surface area contributed by atoms with E-state index in [0.29, 0.717) is 27.6 Å². The number of hydrogen-bond donors (Lipinski definition) is 2. The molecule has 1 aliphatic rings. The number of fused-ring (bicyclic) bond motifs is 2. The Kier molecular flexibility index (Phi) is 5.57. The Morgan fingerprint density at radius 3 is 2.80 bits per heavy atom. The number of amides is 1. The van der Waals surface area contributed by atoms with Crippen LogP contribution >= 0.6 is 23.2 Å². The van der Waals surface area contributed by atoms with Crippen LogP contribution in [-0.4, -0.2) is 61.9 Å². The van der Waals surface area contributed by atoms with Crippen LogP contribution in [0.3, 0.4) is 0 Å². The fraction of sp³-hybridized carbons (Fsp3) is 0.333. The van der Waals surface area contributed by atoms with E-state index in [-0.39, 0.29) is 41.9 Å². The summed E-state index contributed by atoms with van der Waals surface area (Å²) in [6.45, 7) is 3.99. The van der Waals surface area contributed by atoms with Gasteiger partial charge in [0.25, 0.3) is 5.91 Å². The molecular formula is C21H22Cl2N8O3S. The molecule has 1 saturated heterocycles. The van der Waals surface area contributed by atoms with E-state index in [1.165, 1.54) is 10.8 Å². The zero-order valence-corrected chi connectivity index (χ0v) is 21.2. The molecule has 0 aliphatic carbocycles. The molecule has 5 heterocycles. The molecule has 0 unspecified atom stereocenters. The summed E-state index contributed by atoms with van der Waals surface area (Å²) in [5.41, 5.74) is 7.63. The number of pyridine rings is 1. The molecule has 184 valence electrons. The Balaban J connectivity index is 1.54. The maximum absolute atomic E-state index is 13.1. The standard InChI is InChI=1S/C21H22Cl2N8O3S/c1-21(2)10-29(6-7-35(21,33)34)20-12(8-13(22)15-16(23)27-11-30(15)20)9-26-19(32)14-17(24)28-31-5-3-4-25-18(14)31/h3-5,8,11H,6-7,9-10H2,1-2H3,(H2,24,28)(H,26,32). The van der Waals surface area contributed by atoms with Gasteiger partial charge in [-0.1, -0.05) is 23.2 Å². The summed E-state index contributed by atoms with van der Waals surface area (Å²) in [6, 6.07) is 3.38. The van der Waals surface area contributed by atoms with Crippen molar-refractivity contribution in [2.24, 2.45) is 0 Å². The van der Waals surface area contributed by atoms with Gasteiger partial charge in [0.2, 0.25) is 0 Å². The number of rotatable bonds is 4. The highest BCUT2D eigenvalue weighted by Crippen LogP contribution is 2.35. The van der Waals surface area contributed by atoms with Crippen molar-refractivity contribution in [3.8, 4) is 0 Å². The first-order valence-electron chi connectivity index (χ1n) is 10.7. The third-order valence-corrected chi connectivity index (χ3v) is 9.29. The molecule has 0 aromatic carbocycles. The average Bonchev–Trinajstić information content (AvgIpc) is 3.34. The van der Waals surface area contributed by atoms with Gasteiger partial charge in [-0.25, -0.2) is 22.9 Å². The highest BCUT2D eigenvalue weighted by atomic mass is 35.5. The zero-order chi connectivity index (χ0) is 25.1. The van der Waals surface area contributed by atoms with E-state index in [9.17, 15) is 13.2 Å². The Morgan fingerprint density at radius 2 is 2.06 bits per heavy atom. The molecule has 0 atom stereocenters. The maximum Gasteiger partial charge on any atom is 0.259 e. The van der Waals surface area contributed by atoms with Gasteiger partial charge in [-0.2, -0.15) is 0 Å². The number of imidazole rings is 1. The Bertz CT molecular complexity index is 1600. The fourth-order valence-electron chi connectivity index (χ4n) is 4.34. The largest absolute Gasteiger partial charge is 0.381 e. The van der Waals surface area contributed by atoms with E-state index in [1.807, 2.05) is 4.90 Å². The molecule has 1 amide bonds. The van der Waals surface area contributed by atoms with Gasteiger partial charge in [-0.15, -0.1) is 5.10 Å². The van der Waals surface area contributed by atoms with Crippen LogP contribution in [0.1, 0.15) is 29.8 Å². The molecule has 0 saturated carbocycles. The van der Waals surface area contributed by atoms with Gasteiger partial charge in [0.1, 0.15) is 23.2 Å². The van der Waals surface area contributed by atoms with Crippen molar-refractivity contribution in [2.75, 3.05) is 29.5 Å². The number of halogens is 2. The summed E-state index contributed by atoms with van der Waals surface area (Å²) in [7, 11) is -3.27. The number of sulfone groups is 1. The van der Waals surface area contributed by atoms with E-state index < -0.39 is 20.5 Å². The molecule has 4 aromatic rings. The normalized spacial score (nSPS) is 17.2. The van der Waals surface area contributed by atoms with Crippen LogP contribution in [0.5, 0.6) is 0 Å². The number of hydrogen-bond acceptors (Lipinski definition) is 8. The molecule has 5 rings (SSSR count). The predicted octanol–water partition coefficient (Wildman–Crippen LogP) is 2.21. The average molecular weight is 537 g/mol. The monoisotopic (exact) mass is 536 g/mol. The highest BCUT2D eigenvalue weighted by Gasteiger charge is 2.41. The quantitative estimate of drug-likeness (QED) is 0.404. The molecule has 0 spiro atoms. The first kappa shape index (κ1) is 23.6. The molecule has 3 N–H and O–H groups in total. The molecule has 1 fully saturated rings. The molecular weight excluding hydrogens is 515 g/mol. The second-order valence-corrected chi connectivity index (χ2v) is 12.4. The maximum atomic E-state index is 13.1. The summed E-state index contributed by atoms with van der Waals surface area (Å²) in [6.07, 6.45) is 4.73. The lowest BCUT2D eigenvalue weighted by Gasteiger charge is -2.39. The van der Waals surface area contributed by atoms with E-state index in [4.69, 9.17) is 28.9 Å². The summed E-state index contributed by atoms with van der Waals surface area (Å²) >= 11 is 12.8. The van der Waals surface area contributed by atoms with Crippen LogP contribution in [0.4, 0.5) is 11.6 Å². The van der Waals surface area contributed by atoms with Gasteiger partial charge in [0, 0.05) is 37.6 Å². The number of nitrogens with two attached hydrogens (primary N) is 1. The summed E-state index contributed by atoms with van der Waals surface area (Å²) in [5, 5.41) is 7.56. The summed E-state index contributed by atoms with van der Waals surface area (Å²) < 4.78 is 27.4. The first-order valence-corrected chi connectivity index (χ1v) is 13.1. The highest BCUT2D eigenvalue weighted by molar-refractivity contribution is 7.92. The number of anilines is 2. The number of carbonyl (C=O) groups excluding carboxylic acids is 1. The van der Waals surface area contributed by atoms with Crippen LogP contribution in [0.15, 0.2) is 30.9 Å². The minimum atomic E-state index is -3.27. The fourth-order valence-corrected chi connectivity index (χ4v) is 6.30. The second kappa shape index (κ2) is 8.25. The van der Waals surface area contributed by atoms with Gasteiger partial charge in [-0.05, 0) is 26.0 Å². The number of nitrogen functional groups attached to an aromatic ring is 1. The van der Waals surface area contributed by atoms with Crippen LogP contribution in [0.2, 0.25) is 10.2 Å². The van der Waals surface area contributed by atoms with Crippen LogP contribution < -0.4 is 16.0 Å². The van der Waals surface area contributed by atoms with E-state index in [2.05, 4.69) is 20.4 Å². The molecule has 1 aliphatic heterocycles. The second-order valence-electron chi connectivity index (χ2n) is 8.93. The Labute approximate surface area is 210 Å². The third kappa shape index (κ3) is 3.85. The third-order valence-electron chi connectivity index (χ3n) is 6.20. The lowest BCUT2D eigenvalue weighted by Crippen LogP contribution is -2.53. The molecule has 0 radical (unpaired) electrons. The predicted molar refractivity (Wildman–Crippen MR) is 134 cm³/mol. The van der Waals surface area contributed by atoms with Crippen LogP contribution in [0, 0.1) is 0 Å². The van der Waals surface area contributed by atoms with Crippen molar-refractivity contribution in [3.05, 3.63) is 52.2 Å². The molecule has 4 aromatic heterocycles. The Morgan fingerprint density at radius 1 is 1.29 bits per heavy atom. The summed E-state index contributed by atoms with van der Waals surface area (Å²) in [4.78, 5) is 23.4. The molecule has 14 heteroatoms. The van der Waals surface area contributed by atoms with Gasteiger partial charge in [0.15, 0.2) is 26.5 Å². The van der Waals surface area contributed by atoms with Gasteiger partial charge in [0.05, 0.1) is 15.5 Å². The van der Waals surface area contributed by atoms with Crippen molar-refractivity contribution < 1.29 is 13.2 Å². The van der Waals surface area contributed by atoms with Crippen molar-refractivity contribution >= 4 is 61.7 Å². The van der Waals surface area contributed by atoms with E-state index in [0.717, 1.165) is 0 Å². The van der Waals surface area contributed by atoms with E-state index in [1.54, 1.807) is 42.8 Å². The van der Waals surface area contributed by atoms with Crippen molar-refractivity contribution in [1.82, 2.24) is 29.3 Å². The van der Waals surface area contributed by atoms with E-state index >= 15 is 0 Å². The van der Waals surface area contributed by atoms with Crippen molar-refractivity contribution in [2.45, 2.75) is 25.1 Å². The topological polar surface area (TPSA) is 140 Å². The Hall–Kier alpha value is -3.09. The number of nitrogens with zero attached hydrogens (tertiary/aromatic N) is 6. The minimum Gasteiger partial charge on any atom is -0.381 e. The smallest absolute Gasteiger partial charge is 0.259 e. The van der Waals surface area contributed by atoms with Crippen molar-refractivity contribution in [3.63, 3.8) is 0 Å². The number of carbonyl (C=O) groups is 1. The number of nitrogens with one attached hydrogen (secondary N) is 1. The van der Waals surface area contributed by atoms with Crippen molar-refractivity contribution in [1.29, 1.82) is 0 Å². The molecule has 0 bridgehead atoms. The van der Waals surface area contributed by atoms with Gasteiger partial charge >= 0.3 is 0 Å². The van der Waals surface area contributed by atoms with Gasteiger partial charge < -0.3 is 16.0 Å². The minimum absolute atomic E-state index is 0.0110. The number of aromatic nitrogens is 5. The lowest BCUT2D eigenvalue weighted by atomic mass is 10.1. The summed E-state index contributed by atoms with van der Waals surface area (Å²) in [5.74, 6) is 0.240. The first-order chi connectivity index (χ1) is 16.5. The van der Waals surface area contributed by atoms with Crippen LogP contribution in [-0.2, 0) is 16.4 Å². The van der Waals surface area contributed by atoms with Gasteiger partial charge in [-0.3, -0.25) is 9.20 Å².